The monoisotopic (exact) mass is 1020 g/mol. The first-order valence-electron chi connectivity index (χ1n) is 26.1. The van der Waals surface area contributed by atoms with Crippen LogP contribution in [0.2, 0.25) is 0 Å². The first kappa shape index (κ1) is 69.0. The topological polar surface area (TPSA) is 213 Å². The molecule has 1 fully saturated rings. The second-order valence-electron chi connectivity index (χ2n) is 18.4. The van der Waals surface area contributed by atoms with Gasteiger partial charge in [-0.1, -0.05) is 65.2 Å². The maximum atomic E-state index is 11.8. The molecule has 0 aromatic heterocycles. The van der Waals surface area contributed by atoms with Crippen LogP contribution in [0.5, 0.6) is 0 Å². The van der Waals surface area contributed by atoms with Crippen LogP contribution < -0.4 is 0 Å². The van der Waals surface area contributed by atoms with E-state index in [2.05, 4.69) is 18.7 Å². The molecule has 1 heterocycles. The van der Waals surface area contributed by atoms with Crippen molar-refractivity contribution < 1.29 is 38.1 Å². The van der Waals surface area contributed by atoms with E-state index in [1.54, 1.807) is 76.7 Å². The average Bonchev–Trinajstić information content (AvgIpc) is 3.35. The Hall–Kier alpha value is -7.04. The number of allylic oxidation sites excluding steroid dienone is 8. The normalized spacial score (nSPS) is 13.5. The lowest BCUT2D eigenvalue weighted by Crippen LogP contribution is -2.23. The molecule has 1 aliphatic rings. The van der Waals surface area contributed by atoms with Crippen molar-refractivity contribution in [1.29, 1.82) is 21.0 Å². The van der Waals surface area contributed by atoms with Crippen LogP contribution in [0.3, 0.4) is 0 Å². The molecule has 0 spiro atoms. The average molecular weight is 1030 g/mol. The fourth-order valence-electron chi connectivity index (χ4n) is 6.38. The molecule has 0 aromatic rings. The van der Waals surface area contributed by atoms with Crippen molar-refractivity contribution in [2.75, 3.05) is 61.0 Å². The summed E-state index contributed by atoms with van der Waals surface area (Å²) in [5.41, 5.74) is 0.00308. The molecule has 0 aromatic carbocycles. The van der Waals surface area contributed by atoms with Gasteiger partial charge in [0.1, 0.15) is 46.6 Å². The number of carbonyl (C=O) groups is 4. The van der Waals surface area contributed by atoms with E-state index in [0.717, 1.165) is 64.7 Å². The molecule has 0 N–H and O–H groups in total. The summed E-state index contributed by atoms with van der Waals surface area (Å²) in [5.74, 6) is -2.32. The van der Waals surface area contributed by atoms with Crippen molar-refractivity contribution in [2.45, 2.75) is 163 Å². The number of nitriles is 4. The molecule has 16 nitrogen and oxygen atoms in total. The Morgan fingerprint density at radius 3 is 1.36 bits per heavy atom. The third-order valence-corrected chi connectivity index (χ3v) is 10.4. The minimum absolute atomic E-state index is 0.0310. The third-order valence-electron chi connectivity index (χ3n) is 10.4. The van der Waals surface area contributed by atoms with Gasteiger partial charge >= 0.3 is 23.9 Å². The van der Waals surface area contributed by atoms with Gasteiger partial charge in [-0.05, 0) is 153 Å². The highest BCUT2D eigenvalue weighted by Crippen LogP contribution is 2.12. The van der Waals surface area contributed by atoms with E-state index < -0.39 is 23.9 Å². The van der Waals surface area contributed by atoms with Gasteiger partial charge < -0.3 is 38.5 Å². The van der Waals surface area contributed by atoms with Crippen LogP contribution in [0.1, 0.15) is 145 Å². The van der Waals surface area contributed by atoms with Gasteiger partial charge in [0.05, 0.1) is 24.9 Å². The molecule has 1 atom stereocenters. The van der Waals surface area contributed by atoms with Gasteiger partial charge in [-0.25, -0.2) is 19.2 Å². The summed E-state index contributed by atoms with van der Waals surface area (Å²) >= 11 is 0. The van der Waals surface area contributed by atoms with Crippen molar-refractivity contribution in [3.63, 3.8) is 0 Å². The minimum Gasteiger partial charge on any atom is -0.462 e. The Kier molecular flexibility index (Phi) is 42.7. The highest BCUT2D eigenvalue weighted by atomic mass is 16.6. The fourth-order valence-corrected chi connectivity index (χ4v) is 6.38. The number of hydrogen-bond acceptors (Lipinski definition) is 16. The van der Waals surface area contributed by atoms with E-state index in [1.165, 1.54) is 76.0 Å². The Balaban J connectivity index is 0. The SMILES string of the molecule is CC(C)OC(=O)/C(C#N)=C/C=C/N(C)CCCN(C)/C=C/C=C(\C#N)C(=O)OC(C)C.CCCCCCC(C)OC(=O)/C(C#N)=C/C=C/N(C)C.CCCCCCCCOC(=O)/C(C#N)=C\C=C\N1CCCCC1. The lowest BCUT2D eigenvalue weighted by atomic mass is 10.1. The molecule has 0 aliphatic carbocycles. The summed E-state index contributed by atoms with van der Waals surface area (Å²) in [6.45, 7) is 17.1. The molecule has 0 saturated carbocycles. The van der Waals surface area contributed by atoms with Crippen LogP contribution >= 0.6 is 0 Å². The second-order valence-corrected chi connectivity index (χ2v) is 18.4. The summed E-state index contributed by atoms with van der Waals surface area (Å²) in [6.07, 6.45) is 36.0. The molecule has 74 heavy (non-hydrogen) atoms. The van der Waals surface area contributed by atoms with Gasteiger partial charge in [0, 0.05) is 54.4 Å². The summed E-state index contributed by atoms with van der Waals surface area (Å²) in [4.78, 5) is 55.0. The quantitative estimate of drug-likeness (QED) is 0.0158. The summed E-state index contributed by atoms with van der Waals surface area (Å²) in [6, 6.07) is 7.47. The van der Waals surface area contributed by atoms with E-state index >= 15 is 0 Å². The van der Waals surface area contributed by atoms with Gasteiger partial charge in [0.2, 0.25) is 0 Å². The largest absolute Gasteiger partial charge is 0.462 e. The van der Waals surface area contributed by atoms with Gasteiger partial charge in [-0.3, -0.25) is 0 Å². The number of hydrogen-bond donors (Lipinski definition) is 0. The molecule has 0 radical (unpaired) electrons. The fraction of sp³-hybridized carbons (Fsp3) is 0.586. The standard InChI is InChI=1S/C23H32N4O4.C19H30N2O2.C16H26N2O2/c1-18(2)30-22(28)20(16-24)10-7-12-26(5)14-9-15-27(6)13-8-11-21(17-25)23(29)31-19(3)4;1-2-3-4-5-6-10-16-23-19(22)18(17-20)12-11-15-21-13-8-7-9-14-21;1-5-6-7-8-10-14(2)20-16(19)15(13-17)11-9-12-18(3)4/h7-8,10-13,18-19H,9,14-15H2,1-6H3;11-12,15H,2-10,13-14,16H2,1H3;9,11-12,14H,5-8,10H2,1-4H3/b12-7+,13-8+,20-10+,21-11+;15-11+,18-12-;12-9+,15-11+. The Morgan fingerprint density at radius 1 is 0.514 bits per heavy atom. The molecular weight excluding hydrogens is 937 g/mol. The van der Waals surface area contributed by atoms with Crippen molar-refractivity contribution in [3.05, 3.63) is 95.7 Å². The lowest BCUT2D eigenvalue weighted by Gasteiger charge is -2.24. The smallest absolute Gasteiger partial charge is 0.349 e. The predicted octanol–water partition coefficient (Wildman–Crippen LogP) is 10.8. The first-order chi connectivity index (χ1) is 35.4. The zero-order valence-electron chi connectivity index (χ0n) is 46.6. The maximum absolute atomic E-state index is 11.8. The minimum atomic E-state index is -0.635. The van der Waals surface area contributed by atoms with Crippen molar-refractivity contribution in [3.8, 4) is 24.3 Å². The van der Waals surface area contributed by atoms with Crippen molar-refractivity contribution >= 4 is 23.9 Å². The Morgan fingerprint density at radius 2 is 0.919 bits per heavy atom. The third kappa shape index (κ3) is 39.6. The molecule has 1 saturated heterocycles. The van der Waals surface area contributed by atoms with E-state index in [0.29, 0.717) is 6.61 Å². The van der Waals surface area contributed by atoms with Gasteiger partial charge in [-0.2, -0.15) is 21.0 Å². The van der Waals surface area contributed by atoms with Crippen LogP contribution in [0.25, 0.3) is 0 Å². The zero-order valence-corrected chi connectivity index (χ0v) is 46.6. The van der Waals surface area contributed by atoms with Crippen LogP contribution in [0.15, 0.2) is 95.7 Å². The number of carbonyl (C=O) groups excluding carboxylic acids is 4. The highest BCUT2D eigenvalue weighted by Gasteiger charge is 2.15. The first-order valence-corrected chi connectivity index (χ1v) is 26.1. The molecule has 1 unspecified atom stereocenters. The molecule has 1 rings (SSSR count). The number of rotatable bonds is 31. The van der Waals surface area contributed by atoms with Crippen LogP contribution in [-0.4, -0.2) is 123 Å². The van der Waals surface area contributed by atoms with E-state index in [1.807, 2.05) is 80.3 Å². The molecule has 0 bridgehead atoms. The number of esters is 4. The summed E-state index contributed by atoms with van der Waals surface area (Å²) in [7, 11) is 7.52. The van der Waals surface area contributed by atoms with Crippen LogP contribution in [0, 0.1) is 45.3 Å². The van der Waals surface area contributed by atoms with Gasteiger partial charge in [0.15, 0.2) is 0 Å². The highest BCUT2D eigenvalue weighted by molar-refractivity contribution is 5.94. The predicted molar refractivity (Wildman–Crippen MR) is 291 cm³/mol. The Bertz CT molecular complexity index is 1980. The zero-order chi connectivity index (χ0) is 55.9. The number of nitrogens with zero attached hydrogens (tertiary/aromatic N) is 8. The molecule has 16 heteroatoms. The van der Waals surface area contributed by atoms with E-state index in [4.69, 9.17) is 40.0 Å². The van der Waals surface area contributed by atoms with Crippen LogP contribution in [-0.2, 0) is 38.1 Å². The summed E-state index contributed by atoms with van der Waals surface area (Å²) in [5, 5.41) is 36.1. The van der Waals surface area contributed by atoms with E-state index in [-0.39, 0.29) is 40.6 Å². The summed E-state index contributed by atoms with van der Waals surface area (Å²) < 4.78 is 20.4. The molecule has 0 amide bonds. The molecule has 408 valence electrons. The van der Waals surface area contributed by atoms with Crippen molar-refractivity contribution in [2.24, 2.45) is 0 Å². The van der Waals surface area contributed by atoms with Crippen LogP contribution in [0.4, 0.5) is 0 Å². The number of piperidine rings is 1. The molecular formula is C58H88N8O8. The number of unbranched alkanes of at least 4 members (excludes halogenated alkanes) is 8. The maximum Gasteiger partial charge on any atom is 0.349 e. The van der Waals surface area contributed by atoms with E-state index in [9.17, 15) is 19.2 Å². The lowest BCUT2D eigenvalue weighted by molar-refractivity contribution is -0.144. The Labute approximate surface area is 445 Å². The number of ether oxygens (including phenoxy) is 4. The molecule has 1 aliphatic heterocycles. The van der Waals surface area contributed by atoms with Gasteiger partial charge in [0.25, 0.3) is 0 Å². The van der Waals surface area contributed by atoms with Crippen molar-refractivity contribution in [1.82, 2.24) is 19.6 Å². The number of likely N-dealkylation sites (tertiary alicyclic amines) is 1. The van der Waals surface area contributed by atoms with Gasteiger partial charge in [-0.15, -0.1) is 0 Å². The second kappa shape index (κ2) is 45.8.